The van der Waals surface area contributed by atoms with E-state index in [-0.39, 0.29) is 0 Å². The molecular weight excluding hydrogens is 524 g/mol. The van der Waals surface area contributed by atoms with Crippen LogP contribution in [0.2, 0.25) is 0 Å². The highest BCUT2D eigenvalue weighted by Gasteiger charge is 2.46. The van der Waals surface area contributed by atoms with Gasteiger partial charge in [0.25, 0.3) is 0 Å². The quantitative estimate of drug-likeness (QED) is 0.146. The molecule has 1 heterocycles. The molecule has 5 rings (SSSR count). The zero-order chi connectivity index (χ0) is 29.2. The molecule has 0 saturated carbocycles. The Kier molecular flexibility index (Phi) is 11.6. The van der Waals surface area contributed by atoms with Gasteiger partial charge in [0.1, 0.15) is 24.4 Å². The zero-order valence-corrected chi connectivity index (χ0v) is 23.5. The van der Waals surface area contributed by atoms with Gasteiger partial charge in [0.15, 0.2) is 6.23 Å². The number of hydrogen-bond acceptors (Lipinski definition) is 9. The van der Waals surface area contributed by atoms with Gasteiger partial charge in [-0.3, -0.25) is 4.84 Å². The predicted molar refractivity (Wildman–Crippen MR) is 157 cm³/mol. The molecule has 5 N–H and O–H groups in total. The molecule has 0 aromatic heterocycles. The summed E-state index contributed by atoms with van der Waals surface area (Å²) in [5.74, 6) is 0. The maximum Gasteiger partial charge on any atom is 0.162 e. The van der Waals surface area contributed by atoms with Gasteiger partial charge in [-0.25, -0.2) is 0 Å². The summed E-state index contributed by atoms with van der Waals surface area (Å²) in [6, 6.07) is 28.5. The number of nitrogens with one attached hydrogen (secondary N) is 1. The molecule has 2 unspecified atom stereocenters. The molecule has 4 aromatic rings. The number of hydroxylamine groups is 3. The third-order valence-electron chi connectivity index (χ3n) is 7.04. The van der Waals surface area contributed by atoms with E-state index in [1.165, 1.54) is 21.4 Å². The van der Waals surface area contributed by atoms with Crippen molar-refractivity contribution in [3.05, 3.63) is 96.1 Å². The summed E-state index contributed by atoms with van der Waals surface area (Å²) in [6.45, 7) is 5.36. The van der Waals surface area contributed by atoms with E-state index >= 15 is 0 Å². The second-order valence-corrected chi connectivity index (χ2v) is 9.74. The van der Waals surface area contributed by atoms with Gasteiger partial charge in [-0.05, 0) is 46.5 Å². The maximum atomic E-state index is 10.4. The number of aliphatic hydroxyl groups is 4. The lowest BCUT2D eigenvalue weighted by atomic mass is 9.98. The highest BCUT2D eigenvalue weighted by molar-refractivity contribution is 5.86. The molecule has 5 atom stereocenters. The van der Waals surface area contributed by atoms with E-state index in [0.717, 1.165) is 22.9 Å². The summed E-state index contributed by atoms with van der Waals surface area (Å²) in [4.78, 5) is 10.8. The van der Waals surface area contributed by atoms with Crippen LogP contribution in [-0.4, -0.2) is 76.0 Å². The van der Waals surface area contributed by atoms with Crippen molar-refractivity contribution < 1.29 is 34.8 Å². The number of nitrogens with zero attached hydrogens (tertiary/aromatic N) is 1. The zero-order valence-electron chi connectivity index (χ0n) is 23.5. The van der Waals surface area contributed by atoms with Crippen molar-refractivity contribution in [2.45, 2.75) is 57.6 Å². The van der Waals surface area contributed by atoms with Crippen molar-refractivity contribution in [2.75, 3.05) is 19.8 Å². The molecule has 1 aliphatic heterocycles. The monoisotopic (exact) mass is 564 g/mol. The minimum atomic E-state index is -1.44. The van der Waals surface area contributed by atoms with Crippen LogP contribution in [0.1, 0.15) is 25.0 Å². The molecule has 9 heteroatoms. The largest absolute Gasteiger partial charge is 0.394 e. The van der Waals surface area contributed by atoms with Gasteiger partial charge in [-0.1, -0.05) is 84.9 Å². The lowest BCUT2D eigenvalue weighted by Crippen LogP contribution is -2.63. The average Bonchev–Trinajstić information content (AvgIpc) is 3.01. The third-order valence-corrected chi connectivity index (χ3v) is 7.04. The molecule has 1 aliphatic rings. The van der Waals surface area contributed by atoms with E-state index < -0.39 is 37.3 Å². The standard InChI is InChI=1S/C19H25NO6.C13H15NO/c1-2-25-20(19-18(24)17(23)16(22)15(11-21)26-19)10-13-8-5-7-12-6-3-4-9-14(12)13;1-2-15-14-10-12-8-5-7-11-6-3-4-9-13(11)12/h3-9,15-19,21-24H,2,10-11H2,1H3;3-9,14H,2,10H2,1H3/t15?,16-,17+,18?,19-;/m1./s1. The Labute approximate surface area is 240 Å². The fourth-order valence-electron chi connectivity index (χ4n) is 4.97. The van der Waals surface area contributed by atoms with Crippen LogP contribution < -0.4 is 5.48 Å². The topological polar surface area (TPSA) is 124 Å². The number of fused-ring (bicyclic) bond motifs is 2. The Balaban J connectivity index is 0.000000218. The SMILES string of the molecule is CCON(Cc1cccc2ccccc12)[C@@H]1OC(CO)[C@@H](O)[C@H](O)C1O.CCONCc1cccc2ccccc12. The van der Waals surface area contributed by atoms with Crippen LogP contribution in [0.3, 0.4) is 0 Å². The van der Waals surface area contributed by atoms with Gasteiger partial charge in [-0.15, -0.1) is 0 Å². The summed E-state index contributed by atoms with van der Waals surface area (Å²) < 4.78 is 5.62. The first-order valence-electron chi connectivity index (χ1n) is 14.0. The molecule has 0 bridgehead atoms. The average molecular weight is 565 g/mol. The van der Waals surface area contributed by atoms with Crippen LogP contribution in [0.25, 0.3) is 21.5 Å². The van der Waals surface area contributed by atoms with Crippen LogP contribution in [0, 0.1) is 0 Å². The lowest BCUT2D eigenvalue weighted by Gasteiger charge is -2.43. The van der Waals surface area contributed by atoms with Crippen LogP contribution in [0.4, 0.5) is 0 Å². The third kappa shape index (κ3) is 7.66. The molecule has 4 aromatic carbocycles. The minimum absolute atomic E-state index is 0.303. The van der Waals surface area contributed by atoms with Crippen molar-refractivity contribution in [1.82, 2.24) is 10.5 Å². The Morgan fingerprint density at radius 3 is 1.93 bits per heavy atom. The highest BCUT2D eigenvalue weighted by atomic mass is 16.7. The van der Waals surface area contributed by atoms with Crippen LogP contribution in [0.5, 0.6) is 0 Å². The highest BCUT2D eigenvalue weighted by Crippen LogP contribution is 2.27. The van der Waals surface area contributed by atoms with Gasteiger partial charge in [0.05, 0.1) is 26.4 Å². The Hall–Kier alpha value is -2.96. The van der Waals surface area contributed by atoms with E-state index in [9.17, 15) is 20.4 Å². The molecule has 1 saturated heterocycles. The summed E-state index contributed by atoms with van der Waals surface area (Å²) in [5, 5.41) is 45.9. The van der Waals surface area contributed by atoms with E-state index in [1.54, 1.807) is 6.92 Å². The summed E-state index contributed by atoms with van der Waals surface area (Å²) in [6.07, 6.45) is -6.22. The number of hydrogen-bond donors (Lipinski definition) is 5. The first-order chi connectivity index (χ1) is 20.0. The number of ether oxygens (including phenoxy) is 1. The van der Waals surface area contributed by atoms with Crippen molar-refractivity contribution in [1.29, 1.82) is 0 Å². The van der Waals surface area contributed by atoms with Gasteiger partial charge in [0.2, 0.25) is 0 Å². The first-order valence-corrected chi connectivity index (χ1v) is 14.0. The molecular formula is C32H40N2O7. The van der Waals surface area contributed by atoms with E-state index in [1.807, 2.05) is 49.4 Å². The number of aliphatic hydroxyl groups excluding tert-OH is 4. The normalized spacial score (nSPS) is 22.6. The summed E-state index contributed by atoms with van der Waals surface area (Å²) in [5.41, 5.74) is 5.18. The Morgan fingerprint density at radius 1 is 0.732 bits per heavy atom. The van der Waals surface area contributed by atoms with E-state index in [2.05, 4.69) is 47.9 Å². The molecule has 0 aliphatic carbocycles. The van der Waals surface area contributed by atoms with Crippen LogP contribution in [-0.2, 0) is 27.5 Å². The van der Waals surface area contributed by atoms with Gasteiger partial charge in [-0.2, -0.15) is 10.5 Å². The molecule has 0 amide bonds. The molecule has 220 valence electrons. The molecule has 0 spiro atoms. The van der Waals surface area contributed by atoms with Gasteiger partial charge in [0, 0.05) is 6.54 Å². The van der Waals surface area contributed by atoms with Crippen molar-refractivity contribution >= 4 is 21.5 Å². The fourth-order valence-corrected chi connectivity index (χ4v) is 4.97. The second-order valence-electron chi connectivity index (χ2n) is 9.74. The molecule has 9 nitrogen and oxygen atoms in total. The molecule has 41 heavy (non-hydrogen) atoms. The van der Waals surface area contributed by atoms with Crippen molar-refractivity contribution in [2.24, 2.45) is 0 Å². The lowest BCUT2D eigenvalue weighted by molar-refractivity contribution is -0.337. The van der Waals surface area contributed by atoms with Gasteiger partial charge >= 0.3 is 0 Å². The molecule has 0 radical (unpaired) electrons. The van der Waals surface area contributed by atoms with Crippen molar-refractivity contribution in [3.63, 3.8) is 0 Å². The molecule has 1 fully saturated rings. The maximum absolute atomic E-state index is 10.4. The predicted octanol–water partition coefficient (Wildman–Crippen LogP) is 3.27. The summed E-state index contributed by atoms with van der Waals surface area (Å²) in [7, 11) is 0. The minimum Gasteiger partial charge on any atom is -0.394 e. The summed E-state index contributed by atoms with van der Waals surface area (Å²) >= 11 is 0. The second kappa shape index (κ2) is 15.3. The van der Waals surface area contributed by atoms with Crippen LogP contribution >= 0.6 is 0 Å². The first kappa shape index (κ1) is 31.0. The van der Waals surface area contributed by atoms with Crippen LogP contribution in [0.15, 0.2) is 84.9 Å². The number of benzene rings is 4. The van der Waals surface area contributed by atoms with E-state index in [0.29, 0.717) is 19.8 Å². The Morgan fingerprint density at radius 2 is 1.32 bits per heavy atom. The smallest absolute Gasteiger partial charge is 0.162 e. The fraction of sp³-hybridized carbons (Fsp3) is 0.375. The Bertz CT molecular complexity index is 1360. The number of rotatable bonds is 10. The van der Waals surface area contributed by atoms with E-state index in [4.69, 9.17) is 14.4 Å². The van der Waals surface area contributed by atoms with Crippen molar-refractivity contribution in [3.8, 4) is 0 Å². The van der Waals surface area contributed by atoms with Gasteiger partial charge < -0.3 is 30.0 Å².